The second-order valence-electron chi connectivity index (χ2n) is 7.34. The Morgan fingerprint density at radius 1 is 1.23 bits per heavy atom. The maximum atomic E-state index is 12.8. The first kappa shape index (κ1) is 21.9. The van der Waals surface area contributed by atoms with Gasteiger partial charge in [-0.2, -0.15) is 9.41 Å². The minimum Gasteiger partial charge on any atom is -0.465 e. The van der Waals surface area contributed by atoms with Crippen molar-refractivity contribution >= 4 is 28.2 Å². The molecule has 1 saturated heterocycles. The average molecular weight is 432 g/mol. The van der Waals surface area contributed by atoms with Gasteiger partial charge >= 0.3 is 0 Å². The van der Waals surface area contributed by atoms with Gasteiger partial charge in [0.15, 0.2) is 6.54 Å². The zero-order chi connectivity index (χ0) is 21.6. The Bertz CT molecular complexity index is 1000. The molecule has 3 rings (SSSR count). The van der Waals surface area contributed by atoms with Crippen molar-refractivity contribution in [2.75, 3.05) is 32.7 Å². The number of hydrogen-bond acceptors (Lipinski definition) is 5. The fourth-order valence-corrected chi connectivity index (χ4v) is 4.63. The molecule has 0 atom stereocenters. The van der Waals surface area contributed by atoms with E-state index in [1.54, 1.807) is 42.8 Å². The minimum atomic E-state index is -3.49. The predicted molar refractivity (Wildman–Crippen MR) is 114 cm³/mol. The van der Waals surface area contributed by atoms with Gasteiger partial charge in [-0.15, -0.1) is 0 Å². The van der Waals surface area contributed by atoms with Crippen LogP contribution in [0.4, 0.5) is 0 Å². The molecule has 8 nitrogen and oxygen atoms in total. The molecular formula is C21H27N4O4S+. The summed E-state index contributed by atoms with van der Waals surface area (Å²) in [7, 11) is -3.49. The molecule has 0 radical (unpaired) electrons. The van der Waals surface area contributed by atoms with E-state index < -0.39 is 10.0 Å². The first-order valence-electron chi connectivity index (χ1n) is 9.79. The van der Waals surface area contributed by atoms with E-state index in [-0.39, 0.29) is 12.5 Å². The highest BCUT2D eigenvalue weighted by Crippen LogP contribution is 2.16. The topological polar surface area (TPSA) is 96.4 Å². The van der Waals surface area contributed by atoms with Crippen molar-refractivity contribution in [2.24, 2.45) is 5.10 Å². The van der Waals surface area contributed by atoms with Crippen LogP contribution in [-0.2, 0) is 14.8 Å². The Morgan fingerprint density at radius 3 is 2.57 bits per heavy atom. The number of nitrogens with one attached hydrogen (secondary N) is 2. The zero-order valence-corrected chi connectivity index (χ0v) is 18.0. The second kappa shape index (κ2) is 9.84. The summed E-state index contributed by atoms with van der Waals surface area (Å²) in [6.07, 6.45) is 4.96. The number of sulfonamides is 1. The van der Waals surface area contributed by atoms with E-state index in [2.05, 4.69) is 10.5 Å². The molecule has 0 spiro atoms. The molecule has 2 heterocycles. The van der Waals surface area contributed by atoms with E-state index in [0.29, 0.717) is 36.8 Å². The highest BCUT2D eigenvalue weighted by atomic mass is 32.2. The van der Waals surface area contributed by atoms with Crippen LogP contribution in [0.2, 0.25) is 0 Å². The molecular weight excluding hydrogens is 404 g/mol. The quantitative estimate of drug-likeness (QED) is 0.498. The van der Waals surface area contributed by atoms with E-state index in [1.165, 1.54) is 4.31 Å². The van der Waals surface area contributed by atoms with Crippen LogP contribution < -0.4 is 10.3 Å². The van der Waals surface area contributed by atoms with Gasteiger partial charge in [0, 0.05) is 0 Å². The molecule has 1 fully saturated rings. The molecule has 160 valence electrons. The largest absolute Gasteiger partial charge is 0.465 e. The Hall–Kier alpha value is -2.75. The Morgan fingerprint density at radius 2 is 1.93 bits per heavy atom. The number of rotatable bonds is 7. The van der Waals surface area contributed by atoms with Crippen LogP contribution >= 0.6 is 0 Å². The molecule has 2 N–H and O–H groups in total. The number of hydrazone groups is 1. The number of aryl methyl sites for hydroxylation is 1. The van der Waals surface area contributed by atoms with E-state index in [1.807, 2.05) is 26.0 Å². The number of amides is 1. The molecule has 0 saturated carbocycles. The van der Waals surface area contributed by atoms with Crippen LogP contribution in [0.5, 0.6) is 0 Å². The highest BCUT2D eigenvalue weighted by Gasteiger charge is 2.31. The normalized spacial score (nSPS) is 16.8. The van der Waals surface area contributed by atoms with Crippen LogP contribution in [0.25, 0.3) is 6.08 Å². The van der Waals surface area contributed by atoms with Gasteiger partial charge in [0.2, 0.25) is 10.0 Å². The fourth-order valence-electron chi connectivity index (χ4n) is 3.19. The summed E-state index contributed by atoms with van der Waals surface area (Å²) in [5, 5.41) is 3.96. The van der Waals surface area contributed by atoms with Crippen molar-refractivity contribution in [3.05, 3.63) is 59.6 Å². The number of quaternary nitrogens is 1. The van der Waals surface area contributed by atoms with Gasteiger partial charge in [0.05, 0.1) is 43.6 Å². The second-order valence-corrected chi connectivity index (χ2v) is 9.28. The van der Waals surface area contributed by atoms with Crippen molar-refractivity contribution in [2.45, 2.75) is 18.7 Å². The number of carbonyl (C=O) groups excluding carboxylic acids is 1. The Balaban J connectivity index is 1.45. The number of nitrogens with zero attached hydrogens (tertiary/aromatic N) is 2. The molecule has 2 aromatic rings. The van der Waals surface area contributed by atoms with E-state index in [0.717, 1.165) is 16.0 Å². The Labute approximate surface area is 176 Å². The Kier molecular flexibility index (Phi) is 7.20. The monoisotopic (exact) mass is 431 g/mol. The third-order valence-corrected chi connectivity index (χ3v) is 6.78. The molecule has 1 aliphatic heterocycles. The summed E-state index contributed by atoms with van der Waals surface area (Å²) in [6.45, 7) is 5.93. The van der Waals surface area contributed by atoms with Crippen molar-refractivity contribution in [3.8, 4) is 0 Å². The molecule has 1 aliphatic rings. The number of piperazine rings is 1. The lowest BCUT2D eigenvalue weighted by molar-refractivity contribution is -0.895. The van der Waals surface area contributed by atoms with Gasteiger partial charge in [-0.3, -0.25) is 4.79 Å². The number of hydrogen-bond donors (Lipinski definition) is 2. The van der Waals surface area contributed by atoms with Gasteiger partial charge in [-0.1, -0.05) is 17.7 Å². The number of furan rings is 1. The summed E-state index contributed by atoms with van der Waals surface area (Å²) in [4.78, 5) is 13.5. The van der Waals surface area contributed by atoms with Crippen LogP contribution in [0.1, 0.15) is 18.2 Å². The van der Waals surface area contributed by atoms with E-state index >= 15 is 0 Å². The summed E-state index contributed by atoms with van der Waals surface area (Å²) >= 11 is 0. The lowest BCUT2D eigenvalue weighted by Gasteiger charge is -2.31. The molecule has 1 aromatic carbocycles. The molecule has 0 aliphatic carbocycles. The third-order valence-electron chi connectivity index (χ3n) is 4.87. The summed E-state index contributed by atoms with van der Waals surface area (Å²) in [6, 6.07) is 10.5. The van der Waals surface area contributed by atoms with Crippen molar-refractivity contribution < 1.29 is 22.5 Å². The van der Waals surface area contributed by atoms with E-state index in [4.69, 9.17) is 4.42 Å². The van der Waals surface area contributed by atoms with Crippen LogP contribution in [0, 0.1) is 6.92 Å². The molecule has 1 amide bonds. The highest BCUT2D eigenvalue weighted by molar-refractivity contribution is 7.89. The first-order valence-corrected chi connectivity index (χ1v) is 11.2. The molecule has 0 unspecified atom stereocenters. The van der Waals surface area contributed by atoms with Gasteiger partial charge in [0.25, 0.3) is 5.91 Å². The standard InChI is InChI=1S/C21H26N4O4S/c1-17-5-7-20(8-6-17)30(27,28)25-11-9-24(10-12-25)16-21(26)23-22-15-18(2)14-19-4-3-13-29-19/h3-8,13-15H,9-12,16H2,1-2H3,(H,23,26)/p+1. The lowest BCUT2D eigenvalue weighted by atomic mass is 10.2. The number of benzene rings is 1. The van der Waals surface area contributed by atoms with Crippen LogP contribution in [-0.4, -0.2) is 57.6 Å². The smallest absolute Gasteiger partial charge is 0.295 e. The predicted octanol–water partition coefficient (Wildman–Crippen LogP) is 0.683. The molecule has 0 bridgehead atoms. The zero-order valence-electron chi connectivity index (χ0n) is 17.2. The summed E-state index contributed by atoms with van der Waals surface area (Å²) in [5.41, 5.74) is 4.38. The van der Waals surface area contributed by atoms with Gasteiger partial charge in [0.1, 0.15) is 5.76 Å². The van der Waals surface area contributed by atoms with Crippen LogP contribution in [0.3, 0.4) is 0 Å². The van der Waals surface area contributed by atoms with Crippen molar-refractivity contribution in [1.82, 2.24) is 9.73 Å². The van der Waals surface area contributed by atoms with E-state index in [9.17, 15) is 13.2 Å². The summed E-state index contributed by atoms with van der Waals surface area (Å²) in [5.74, 6) is 0.509. The molecule has 1 aromatic heterocycles. The number of carbonyl (C=O) groups is 1. The maximum Gasteiger partial charge on any atom is 0.295 e. The third kappa shape index (κ3) is 5.88. The molecule has 9 heteroatoms. The average Bonchev–Trinajstić information content (AvgIpc) is 3.21. The SMILES string of the molecule is CC(C=NNC(=O)C[NH+]1CCN(S(=O)(=O)c2ccc(C)cc2)CC1)=Cc1ccco1. The number of allylic oxidation sites excluding steroid dienone is 1. The maximum absolute atomic E-state index is 12.8. The van der Waals surface area contributed by atoms with Crippen molar-refractivity contribution in [1.29, 1.82) is 0 Å². The fraction of sp³-hybridized carbons (Fsp3) is 0.333. The van der Waals surface area contributed by atoms with Crippen LogP contribution in [0.15, 0.2) is 62.6 Å². The first-order chi connectivity index (χ1) is 14.3. The van der Waals surface area contributed by atoms with Gasteiger partial charge in [-0.25, -0.2) is 13.8 Å². The minimum absolute atomic E-state index is 0.207. The van der Waals surface area contributed by atoms with Gasteiger partial charge in [-0.05, 0) is 49.8 Å². The summed E-state index contributed by atoms with van der Waals surface area (Å²) < 4.78 is 32.2. The lowest BCUT2D eigenvalue weighted by Crippen LogP contribution is -3.15. The van der Waals surface area contributed by atoms with Gasteiger partial charge < -0.3 is 9.32 Å². The van der Waals surface area contributed by atoms with Crippen molar-refractivity contribution in [3.63, 3.8) is 0 Å². The molecule has 30 heavy (non-hydrogen) atoms.